The molecule has 0 aliphatic rings. The summed E-state index contributed by atoms with van der Waals surface area (Å²) < 4.78 is 0. The van der Waals surface area contributed by atoms with Crippen LogP contribution in [0.15, 0.2) is 0 Å². The molecule has 15 heavy (non-hydrogen) atoms. The second-order valence-electron chi connectivity index (χ2n) is 3.39. The zero-order valence-electron chi connectivity index (χ0n) is 9.28. The summed E-state index contributed by atoms with van der Waals surface area (Å²) in [6.45, 7) is 4.13. The van der Waals surface area contributed by atoms with Crippen LogP contribution in [-0.2, 0) is 4.79 Å². The molecule has 0 spiro atoms. The van der Waals surface area contributed by atoms with E-state index < -0.39 is 6.09 Å². The number of carbonyl (C=O) groups is 2. The molecule has 0 saturated heterocycles. The summed E-state index contributed by atoms with van der Waals surface area (Å²) in [4.78, 5) is 21.1. The summed E-state index contributed by atoms with van der Waals surface area (Å²) in [7, 11) is 0. The van der Waals surface area contributed by atoms with E-state index in [2.05, 4.69) is 12.2 Å². The number of amides is 1. The molecule has 0 bridgehead atoms. The molecule has 1 amide bonds. The van der Waals surface area contributed by atoms with E-state index >= 15 is 0 Å². The second-order valence-corrected chi connectivity index (χ2v) is 4.87. The molecule has 0 rings (SSSR count). The number of rotatable bonds is 7. The van der Waals surface area contributed by atoms with Crippen molar-refractivity contribution in [3.8, 4) is 0 Å². The Labute approximate surface area is 94.8 Å². The number of hydrogen-bond donors (Lipinski definition) is 2. The van der Waals surface area contributed by atoms with Crippen LogP contribution >= 0.6 is 11.8 Å². The highest BCUT2D eigenvalue weighted by Gasteiger charge is 2.10. The van der Waals surface area contributed by atoms with Gasteiger partial charge in [0.2, 0.25) is 0 Å². The van der Waals surface area contributed by atoms with Gasteiger partial charge in [0.15, 0.2) is 5.12 Å². The highest BCUT2D eigenvalue weighted by molar-refractivity contribution is 8.14. The largest absolute Gasteiger partial charge is 0.465 e. The summed E-state index contributed by atoms with van der Waals surface area (Å²) in [5, 5.41) is 11.2. The van der Waals surface area contributed by atoms with Gasteiger partial charge in [-0.1, -0.05) is 25.1 Å². The van der Waals surface area contributed by atoms with Crippen molar-refractivity contribution in [1.29, 1.82) is 0 Å². The molecule has 0 heterocycles. The molecule has 1 unspecified atom stereocenters. The molecule has 0 aromatic rings. The highest BCUT2D eigenvalue weighted by atomic mass is 32.2. The molecule has 0 aromatic carbocycles. The summed E-state index contributed by atoms with van der Waals surface area (Å²) in [5.41, 5.74) is 0. The standard InChI is InChI=1S/C10H19NO3S/c1-3-5-9(15-8(2)12)6-4-7-11-10(13)14/h9,11H,3-7H2,1-2H3,(H,13,14). The minimum Gasteiger partial charge on any atom is -0.465 e. The van der Waals surface area contributed by atoms with Crippen molar-refractivity contribution in [2.45, 2.75) is 44.8 Å². The molecule has 0 aliphatic carbocycles. The van der Waals surface area contributed by atoms with Crippen LogP contribution in [-0.4, -0.2) is 28.1 Å². The van der Waals surface area contributed by atoms with E-state index in [0.29, 0.717) is 11.8 Å². The van der Waals surface area contributed by atoms with Crippen LogP contribution in [0.4, 0.5) is 4.79 Å². The second kappa shape index (κ2) is 8.59. The SMILES string of the molecule is CCCC(CCCNC(=O)O)SC(C)=O. The van der Waals surface area contributed by atoms with Crippen LogP contribution in [0.25, 0.3) is 0 Å². The van der Waals surface area contributed by atoms with Gasteiger partial charge in [-0.05, 0) is 19.3 Å². The Hall–Kier alpha value is -0.710. The number of thioether (sulfide) groups is 1. The quantitative estimate of drug-likeness (QED) is 0.663. The first-order valence-corrected chi connectivity index (χ1v) is 6.08. The maximum absolute atomic E-state index is 10.9. The Morgan fingerprint density at radius 3 is 2.53 bits per heavy atom. The van der Waals surface area contributed by atoms with Crippen LogP contribution in [0, 0.1) is 0 Å². The Balaban J connectivity index is 3.65. The van der Waals surface area contributed by atoms with E-state index in [0.717, 1.165) is 25.7 Å². The highest BCUT2D eigenvalue weighted by Crippen LogP contribution is 2.21. The number of hydrogen-bond acceptors (Lipinski definition) is 3. The average Bonchev–Trinajstić information content (AvgIpc) is 2.11. The molecule has 1 atom stereocenters. The molecule has 5 heteroatoms. The Morgan fingerprint density at radius 2 is 2.07 bits per heavy atom. The van der Waals surface area contributed by atoms with Crippen LogP contribution in [0.1, 0.15) is 39.5 Å². The number of nitrogens with one attached hydrogen (secondary N) is 1. The van der Waals surface area contributed by atoms with E-state index in [4.69, 9.17) is 5.11 Å². The van der Waals surface area contributed by atoms with Crippen molar-refractivity contribution in [2.75, 3.05) is 6.54 Å². The zero-order valence-corrected chi connectivity index (χ0v) is 10.1. The molecule has 0 saturated carbocycles. The van der Waals surface area contributed by atoms with Crippen molar-refractivity contribution in [2.24, 2.45) is 0 Å². The lowest BCUT2D eigenvalue weighted by atomic mass is 10.1. The van der Waals surface area contributed by atoms with Crippen molar-refractivity contribution in [1.82, 2.24) is 5.32 Å². The van der Waals surface area contributed by atoms with Crippen LogP contribution in [0.3, 0.4) is 0 Å². The van der Waals surface area contributed by atoms with Gasteiger partial charge >= 0.3 is 6.09 Å². The molecule has 0 fully saturated rings. The molecule has 0 aromatic heterocycles. The van der Waals surface area contributed by atoms with Crippen LogP contribution in [0.2, 0.25) is 0 Å². The van der Waals surface area contributed by atoms with E-state index in [9.17, 15) is 9.59 Å². The number of carboxylic acid groups (broad SMARTS) is 1. The molecule has 4 nitrogen and oxygen atoms in total. The predicted molar refractivity (Wildman–Crippen MR) is 62.2 cm³/mol. The van der Waals surface area contributed by atoms with Gasteiger partial charge in [0, 0.05) is 18.7 Å². The topological polar surface area (TPSA) is 66.4 Å². The fraction of sp³-hybridized carbons (Fsp3) is 0.800. The van der Waals surface area contributed by atoms with E-state index in [1.54, 1.807) is 6.92 Å². The van der Waals surface area contributed by atoms with Gasteiger partial charge in [0.05, 0.1) is 0 Å². The van der Waals surface area contributed by atoms with Gasteiger partial charge < -0.3 is 10.4 Å². The van der Waals surface area contributed by atoms with Crippen molar-refractivity contribution in [3.63, 3.8) is 0 Å². The normalized spacial score (nSPS) is 12.1. The average molecular weight is 233 g/mol. The third-order valence-corrected chi connectivity index (χ3v) is 3.06. The fourth-order valence-electron chi connectivity index (χ4n) is 1.34. The fourth-order valence-corrected chi connectivity index (χ4v) is 2.45. The molecule has 2 N–H and O–H groups in total. The molecular formula is C10H19NO3S. The third kappa shape index (κ3) is 9.59. The minimum atomic E-state index is -0.985. The lowest BCUT2D eigenvalue weighted by Gasteiger charge is -2.13. The molecule has 88 valence electrons. The van der Waals surface area contributed by atoms with Gasteiger partial charge in [-0.3, -0.25) is 4.79 Å². The van der Waals surface area contributed by atoms with Crippen LogP contribution < -0.4 is 5.32 Å². The van der Waals surface area contributed by atoms with Gasteiger partial charge in [0.1, 0.15) is 0 Å². The smallest absolute Gasteiger partial charge is 0.404 e. The lowest BCUT2D eigenvalue weighted by molar-refractivity contribution is -0.109. The summed E-state index contributed by atoms with van der Waals surface area (Å²) in [6.07, 6.45) is 2.76. The van der Waals surface area contributed by atoms with E-state index in [1.165, 1.54) is 11.8 Å². The van der Waals surface area contributed by atoms with Crippen molar-refractivity contribution < 1.29 is 14.7 Å². The molecule has 0 radical (unpaired) electrons. The van der Waals surface area contributed by atoms with E-state index in [-0.39, 0.29) is 5.12 Å². The Kier molecular flexibility index (Phi) is 8.18. The first kappa shape index (κ1) is 14.3. The van der Waals surface area contributed by atoms with E-state index in [1.807, 2.05) is 0 Å². The number of carbonyl (C=O) groups excluding carboxylic acids is 1. The Bertz CT molecular complexity index is 209. The van der Waals surface area contributed by atoms with Crippen molar-refractivity contribution in [3.05, 3.63) is 0 Å². The summed E-state index contributed by atoms with van der Waals surface area (Å²) >= 11 is 1.37. The van der Waals surface area contributed by atoms with Crippen molar-refractivity contribution >= 4 is 23.0 Å². The zero-order chi connectivity index (χ0) is 11.7. The first-order chi connectivity index (χ1) is 7.06. The van der Waals surface area contributed by atoms with Gasteiger partial charge in [0.25, 0.3) is 0 Å². The monoisotopic (exact) mass is 233 g/mol. The molecular weight excluding hydrogens is 214 g/mol. The predicted octanol–water partition coefficient (Wildman–Crippen LogP) is 2.48. The van der Waals surface area contributed by atoms with Crippen LogP contribution in [0.5, 0.6) is 0 Å². The lowest BCUT2D eigenvalue weighted by Crippen LogP contribution is -2.22. The third-order valence-electron chi connectivity index (χ3n) is 1.92. The first-order valence-electron chi connectivity index (χ1n) is 5.20. The maximum Gasteiger partial charge on any atom is 0.404 e. The molecule has 0 aliphatic heterocycles. The van der Waals surface area contributed by atoms with Gasteiger partial charge in [-0.2, -0.15) is 0 Å². The minimum absolute atomic E-state index is 0.139. The summed E-state index contributed by atoms with van der Waals surface area (Å²) in [6, 6.07) is 0. The van der Waals surface area contributed by atoms with Gasteiger partial charge in [-0.25, -0.2) is 4.79 Å². The Morgan fingerprint density at radius 1 is 1.40 bits per heavy atom. The summed E-state index contributed by atoms with van der Waals surface area (Å²) in [5.74, 6) is 0. The maximum atomic E-state index is 10.9. The van der Waals surface area contributed by atoms with Gasteiger partial charge in [-0.15, -0.1) is 0 Å².